The van der Waals surface area contributed by atoms with Crippen LogP contribution in [0.3, 0.4) is 0 Å². The molecule has 0 unspecified atom stereocenters. The monoisotopic (exact) mass is 448 g/mol. The number of fused-ring (bicyclic) bond motifs is 1. The van der Waals surface area contributed by atoms with Crippen LogP contribution in [0.1, 0.15) is 35.4 Å². The van der Waals surface area contributed by atoms with Gasteiger partial charge in [-0.15, -0.1) is 5.10 Å². The van der Waals surface area contributed by atoms with Gasteiger partial charge in [-0.3, -0.25) is 9.78 Å². The number of hydrogen-bond acceptors (Lipinski definition) is 7. The highest BCUT2D eigenvalue weighted by Crippen LogP contribution is 2.26. The Morgan fingerprint density at radius 1 is 1.18 bits per heavy atom. The van der Waals surface area contributed by atoms with Crippen LogP contribution in [0, 0.1) is 12.8 Å². The highest BCUT2D eigenvalue weighted by molar-refractivity contribution is 5.79. The molecule has 0 atom stereocenters. The zero-order valence-corrected chi connectivity index (χ0v) is 19.0. The molecule has 0 aliphatic carbocycles. The maximum Gasteiger partial charge on any atom is 0.226 e. The van der Waals surface area contributed by atoms with Gasteiger partial charge in [-0.05, 0) is 49.4 Å². The van der Waals surface area contributed by atoms with Gasteiger partial charge in [0.05, 0.1) is 0 Å². The average molecular weight is 449 g/mol. The second-order valence-corrected chi connectivity index (χ2v) is 8.67. The molecule has 0 radical (unpaired) electrons. The summed E-state index contributed by atoms with van der Waals surface area (Å²) in [5.74, 6) is 0.888. The van der Waals surface area contributed by atoms with Crippen LogP contribution in [-0.4, -0.2) is 55.5 Å². The van der Waals surface area contributed by atoms with E-state index >= 15 is 0 Å². The molecule has 0 saturated carbocycles. The molecule has 3 aromatic heterocycles. The topological polar surface area (TPSA) is 95.3 Å². The summed E-state index contributed by atoms with van der Waals surface area (Å²) in [5.41, 5.74) is 5.73. The first kappa shape index (κ1) is 21.5. The molecular weight excluding hydrogens is 420 g/mol. The minimum absolute atomic E-state index is 0.0845. The Morgan fingerprint density at radius 3 is 2.82 bits per heavy atom. The molecule has 1 fully saturated rings. The SMILES string of the molecule is Cc1ccc(-c2nnn(C)c2COc2cc3c(cn2)CN(C(=O)C2CCOCC2)CC3)cn1. The van der Waals surface area contributed by atoms with E-state index in [1.54, 1.807) is 10.9 Å². The number of pyridine rings is 2. The lowest BCUT2D eigenvalue weighted by molar-refractivity contribution is -0.139. The van der Waals surface area contributed by atoms with Gasteiger partial charge in [0.15, 0.2) is 0 Å². The van der Waals surface area contributed by atoms with Crippen LogP contribution in [0.25, 0.3) is 11.3 Å². The number of hydrogen-bond donors (Lipinski definition) is 0. The van der Waals surface area contributed by atoms with Gasteiger partial charge >= 0.3 is 0 Å². The van der Waals surface area contributed by atoms with Gasteiger partial charge in [0.1, 0.15) is 18.0 Å². The standard InChI is InChI=1S/C24H28N6O3/c1-16-3-4-19(12-25-16)23-21(29(2)28-27-23)15-33-22-11-18-5-8-30(14-20(18)13-26-22)24(31)17-6-9-32-10-7-17/h3-4,11-13,17H,5-10,14-15H2,1-2H3. The number of aryl methyl sites for hydroxylation is 2. The predicted octanol–water partition coefficient (Wildman–Crippen LogP) is 2.47. The molecule has 0 bridgehead atoms. The van der Waals surface area contributed by atoms with Gasteiger partial charge in [0.25, 0.3) is 0 Å². The Hall–Kier alpha value is -3.33. The molecular formula is C24H28N6O3. The van der Waals surface area contributed by atoms with Crippen molar-refractivity contribution in [2.24, 2.45) is 13.0 Å². The molecule has 9 heteroatoms. The molecule has 33 heavy (non-hydrogen) atoms. The van der Waals surface area contributed by atoms with Crippen molar-refractivity contribution in [3.63, 3.8) is 0 Å². The normalized spacial score (nSPS) is 16.5. The Kier molecular flexibility index (Phi) is 6.04. The molecule has 5 rings (SSSR count). The highest BCUT2D eigenvalue weighted by Gasteiger charge is 2.29. The summed E-state index contributed by atoms with van der Waals surface area (Å²) in [6.45, 7) is 4.94. The fourth-order valence-electron chi connectivity index (χ4n) is 4.40. The van der Waals surface area contributed by atoms with Gasteiger partial charge in [0.2, 0.25) is 11.8 Å². The third-order valence-electron chi connectivity index (χ3n) is 6.44. The molecule has 1 amide bonds. The van der Waals surface area contributed by atoms with Crippen molar-refractivity contribution in [3.05, 3.63) is 53.1 Å². The lowest BCUT2D eigenvalue weighted by Gasteiger charge is -2.33. The summed E-state index contributed by atoms with van der Waals surface area (Å²) < 4.78 is 13.1. The zero-order valence-electron chi connectivity index (χ0n) is 19.0. The largest absolute Gasteiger partial charge is 0.471 e. The van der Waals surface area contributed by atoms with Crippen molar-refractivity contribution >= 4 is 5.91 Å². The van der Waals surface area contributed by atoms with E-state index in [9.17, 15) is 4.79 Å². The number of amides is 1. The van der Waals surface area contributed by atoms with E-state index < -0.39 is 0 Å². The van der Waals surface area contributed by atoms with Gasteiger partial charge in [-0.2, -0.15) is 0 Å². The van der Waals surface area contributed by atoms with E-state index in [-0.39, 0.29) is 11.8 Å². The van der Waals surface area contributed by atoms with Crippen molar-refractivity contribution < 1.29 is 14.3 Å². The summed E-state index contributed by atoms with van der Waals surface area (Å²) in [7, 11) is 1.85. The van der Waals surface area contributed by atoms with Crippen molar-refractivity contribution in [3.8, 4) is 17.1 Å². The van der Waals surface area contributed by atoms with E-state index in [1.165, 1.54) is 5.56 Å². The van der Waals surface area contributed by atoms with Crippen LogP contribution in [0.5, 0.6) is 5.88 Å². The second-order valence-electron chi connectivity index (χ2n) is 8.67. The molecule has 3 aromatic rings. The first-order chi connectivity index (χ1) is 16.1. The van der Waals surface area contributed by atoms with Gasteiger partial charge in [0, 0.05) is 69.0 Å². The van der Waals surface area contributed by atoms with Crippen LogP contribution in [0.2, 0.25) is 0 Å². The minimum atomic E-state index is 0.0845. The third kappa shape index (κ3) is 4.59. The van der Waals surface area contributed by atoms with Crippen molar-refractivity contribution in [1.29, 1.82) is 0 Å². The molecule has 2 aliphatic heterocycles. The Balaban J connectivity index is 1.26. The first-order valence-corrected chi connectivity index (χ1v) is 11.4. The lowest BCUT2D eigenvalue weighted by Crippen LogP contribution is -2.41. The maximum absolute atomic E-state index is 12.9. The maximum atomic E-state index is 12.9. The molecule has 9 nitrogen and oxygen atoms in total. The van der Waals surface area contributed by atoms with Crippen LogP contribution in [-0.2, 0) is 36.2 Å². The second kappa shape index (κ2) is 9.27. The molecule has 0 aromatic carbocycles. The molecule has 5 heterocycles. The fourth-order valence-corrected chi connectivity index (χ4v) is 4.40. The Bertz CT molecular complexity index is 1140. The van der Waals surface area contributed by atoms with E-state index in [1.807, 2.05) is 43.3 Å². The zero-order chi connectivity index (χ0) is 22.8. The highest BCUT2D eigenvalue weighted by atomic mass is 16.5. The van der Waals surface area contributed by atoms with E-state index in [0.717, 1.165) is 54.0 Å². The van der Waals surface area contributed by atoms with Crippen LogP contribution < -0.4 is 4.74 Å². The number of nitrogens with zero attached hydrogens (tertiary/aromatic N) is 6. The number of carbonyl (C=O) groups excluding carboxylic acids is 1. The molecule has 0 N–H and O–H groups in total. The quantitative estimate of drug-likeness (QED) is 0.592. The van der Waals surface area contributed by atoms with Crippen molar-refractivity contribution in [2.75, 3.05) is 19.8 Å². The van der Waals surface area contributed by atoms with E-state index in [4.69, 9.17) is 9.47 Å². The number of carbonyl (C=O) groups is 1. The molecule has 1 saturated heterocycles. The summed E-state index contributed by atoms with van der Waals surface area (Å²) in [6, 6.07) is 5.93. The average Bonchev–Trinajstić information content (AvgIpc) is 3.23. The van der Waals surface area contributed by atoms with Gasteiger partial charge < -0.3 is 14.4 Å². The lowest BCUT2D eigenvalue weighted by atomic mass is 9.96. The smallest absolute Gasteiger partial charge is 0.226 e. The van der Waals surface area contributed by atoms with E-state index in [0.29, 0.717) is 32.2 Å². The molecule has 172 valence electrons. The first-order valence-electron chi connectivity index (χ1n) is 11.4. The van der Waals surface area contributed by atoms with Crippen LogP contribution >= 0.6 is 0 Å². The van der Waals surface area contributed by atoms with Crippen LogP contribution in [0.15, 0.2) is 30.6 Å². The number of rotatable bonds is 5. The summed E-state index contributed by atoms with van der Waals surface area (Å²) in [5, 5.41) is 8.44. The van der Waals surface area contributed by atoms with E-state index in [2.05, 4.69) is 20.3 Å². The minimum Gasteiger partial charge on any atom is -0.471 e. The summed E-state index contributed by atoms with van der Waals surface area (Å²) in [4.78, 5) is 23.7. The van der Waals surface area contributed by atoms with Crippen LogP contribution in [0.4, 0.5) is 0 Å². The molecule has 0 spiro atoms. The summed E-state index contributed by atoms with van der Waals surface area (Å²) >= 11 is 0. The third-order valence-corrected chi connectivity index (χ3v) is 6.44. The van der Waals surface area contributed by atoms with Gasteiger partial charge in [-0.25, -0.2) is 9.67 Å². The number of ether oxygens (including phenoxy) is 2. The fraction of sp³-hybridized carbons (Fsp3) is 0.458. The van der Waals surface area contributed by atoms with Gasteiger partial charge in [-0.1, -0.05) is 5.21 Å². The Labute approximate surface area is 192 Å². The summed E-state index contributed by atoms with van der Waals surface area (Å²) in [6.07, 6.45) is 6.07. The predicted molar refractivity (Wildman–Crippen MR) is 120 cm³/mol. The Morgan fingerprint density at radius 2 is 2.03 bits per heavy atom. The van der Waals surface area contributed by atoms with Crippen molar-refractivity contribution in [1.82, 2.24) is 29.9 Å². The molecule has 2 aliphatic rings. The number of aromatic nitrogens is 5. The van der Waals surface area contributed by atoms with Crippen molar-refractivity contribution in [2.45, 2.75) is 39.3 Å².